The van der Waals surface area contributed by atoms with Crippen LogP contribution in [0, 0.1) is 0 Å². The largest absolute Gasteiger partial charge is 0.530 e. The van der Waals surface area contributed by atoms with Gasteiger partial charge in [0.05, 0.1) is 12.5 Å². The summed E-state index contributed by atoms with van der Waals surface area (Å²) in [5.74, 6) is -0.366. The summed E-state index contributed by atoms with van der Waals surface area (Å²) in [6.45, 7) is 0.324. The van der Waals surface area contributed by atoms with Crippen molar-refractivity contribution in [3.05, 3.63) is 35.9 Å². The Labute approximate surface area is 98.6 Å². The first kappa shape index (κ1) is 11.4. The normalized spacial score (nSPS) is 18.8. The lowest BCUT2D eigenvalue weighted by atomic mass is 10.1. The van der Waals surface area contributed by atoms with E-state index < -0.39 is 12.1 Å². The summed E-state index contributed by atoms with van der Waals surface area (Å²) in [6, 6.07) is 8.74. The second kappa shape index (κ2) is 4.86. The van der Waals surface area contributed by atoms with Gasteiger partial charge in [-0.15, -0.1) is 0 Å². The van der Waals surface area contributed by atoms with E-state index in [9.17, 15) is 14.7 Å². The second-order valence-electron chi connectivity index (χ2n) is 3.92. The monoisotopic (exact) mass is 234 g/mol. The zero-order chi connectivity index (χ0) is 12.3. The number of carbonyl (C=O) groups excluding carboxylic acids is 2. The van der Waals surface area contributed by atoms with E-state index in [1.165, 1.54) is 0 Å². The molecular formula is C12H12NO4-. The Kier molecular flexibility index (Phi) is 3.27. The molecule has 0 aromatic heterocycles. The highest BCUT2D eigenvalue weighted by Gasteiger charge is 2.29. The summed E-state index contributed by atoms with van der Waals surface area (Å²) in [4.78, 5) is 23.2. The number of benzene rings is 1. The first-order valence-corrected chi connectivity index (χ1v) is 5.34. The maximum absolute atomic E-state index is 11.0. The van der Waals surface area contributed by atoms with Crippen molar-refractivity contribution in [2.75, 3.05) is 6.61 Å². The van der Waals surface area contributed by atoms with Gasteiger partial charge >= 0.3 is 5.97 Å². The molecule has 2 rings (SSSR count). The molecule has 90 valence electrons. The highest BCUT2D eigenvalue weighted by Crippen LogP contribution is 2.16. The van der Waals surface area contributed by atoms with Crippen LogP contribution in [0.1, 0.15) is 12.0 Å². The van der Waals surface area contributed by atoms with Gasteiger partial charge in [0.25, 0.3) is 0 Å². The third kappa shape index (κ3) is 2.75. The van der Waals surface area contributed by atoms with Crippen LogP contribution in [-0.4, -0.2) is 29.6 Å². The zero-order valence-corrected chi connectivity index (χ0v) is 9.17. The molecule has 0 bridgehead atoms. The molecule has 1 fully saturated rings. The molecule has 1 aromatic carbocycles. The number of hydrogen-bond acceptors (Lipinski definition) is 4. The molecule has 1 amide bonds. The van der Waals surface area contributed by atoms with Crippen molar-refractivity contribution in [3.8, 4) is 0 Å². The molecule has 0 N–H and O–H groups in total. The molecule has 1 atom stereocenters. The van der Waals surface area contributed by atoms with Gasteiger partial charge in [-0.05, 0) is 5.56 Å². The summed E-state index contributed by atoms with van der Waals surface area (Å²) in [6.07, 6.45) is -1.18. The summed E-state index contributed by atoms with van der Waals surface area (Å²) >= 11 is 0. The van der Waals surface area contributed by atoms with Gasteiger partial charge in [-0.3, -0.25) is 4.79 Å². The van der Waals surface area contributed by atoms with Crippen LogP contribution >= 0.6 is 0 Å². The van der Waals surface area contributed by atoms with Crippen molar-refractivity contribution in [2.45, 2.75) is 19.0 Å². The molecule has 0 radical (unpaired) electrons. The van der Waals surface area contributed by atoms with E-state index in [1.807, 2.05) is 30.3 Å². The zero-order valence-electron chi connectivity index (χ0n) is 9.17. The van der Waals surface area contributed by atoms with Gasteiger partial charge in [-0.25, -0.2) is 0 Å². The maximum Gasteiger partial charge on any atom is 0.308 e. The Morgan fingerprint density at radius 1 is 1.41 bits per heavy atom. The van der Waals surface area contributed by atoms with Gasteiger partial charge in [0.1, 0.15) is 12.7 Å². The lowest BCUT2D eigenvalue weighted by Crippen LogP contribution is -2.47. The van der Waals surface area contributed by atoms with Gasteiger partial charge in [0, 0.05) is 6.54 Å². The number of carboxylic acid groups (broad SMARTS) is 1. The van der Waals surface area contributed by atoms with Crippen LogP contribution in [0.4, 0.5) is 4.79 Å². The van der Waals surface area contributed by atoms with Crippen molar-refractivity contribution >= 4 is 12.1 Å². The van der Waals surface area contributed by atoms with Crippen LogP contribution in [0.2, 0.25) is 0 Å². The Hall–Kier alpha value is -2.04. The lowest BCUT2D eigenvalue weighted by molar-refractivity contribution is -0.268. The van der Waals surface area contributed by atoms with Crippen LogP contribution in [-0.2, 0) is 16.1 Å². The van der Waals surface area contributed by atoms with E-state index >= 15 is 0 Å². The maximum atomic E-state index is 11.0. The van der Waals surface area contributed by atoms with Gasteiger partial charge in [-0.1, -0.05) is 30.3 Å². The first-order valence-electron chi connectivity index (χ1n) is 5.34. The lowest BCUT2D eigenvalue weighted by Gasteiger charge is -2.29. The van der Waals surface area contributed by atoms with Crippen molar-refractivity contribution in [1.29, 1.82) is 0 Å². The minimum atomic E-state index is -1.28. The Morgan fingerprint density at radius 3 is 2.65 bits per heavy atom. The number of amides is 1. The van der Waals surface area contributed by atoms with E-state index in [0.717, 1.165) is 10.5 Å². The Balaban J connectivity index is 2.08. The van der Waals surface area contributed by atoms with Crippen molar-refractivity contribution in [2.24, 2.45) is 0 Å². The van der Waals surface area contributed by atoms with Crippen molar-refractivity contribution < 1.29 is 19.4 Å². The van der Waals surface area contributed by atoms with Gasteiger partial charge in [0.15, 0.2) is 0 Å². The number of rotatable bonds is 3. The molecule has 5 nitrogen and oxygen atoms in total. The number of cyclic esters (lactones) is 1. The van der Waals surface area contributed by atoms with E-state index in [0.29, 0.717) is 0 Å². The van der Waals surface area contributed by atoms with Crippen LogP contribution in [0.5, 0.6) is 0 Å². The molecule has 0 unspecified atom stereocenters. The number of hydrogen-bond donors (Lipinski definition) is 0. The minimum Gasteiger partial charge on any atom is -0.530 e. The molecule has 5 heteroatoms. The SMILES string of the molecule is O=C1C[C@H](N(Cc2ccccc2)C(=O)[O-])CO1. The fourth-order valence-electron chi connectivity index (χ4n) is 1.82. The summed E-state index contributed by atoms with van der Waals surface area (Å²) in [7, 11) is 0. The predicted molar refractivity (Wildman–Crippen MR) is 56.7 cm³/mol. The smallest absolute Gasteiger partial charge is 0.308 e. The first-order chi connectivity index (χ1) is 8.16. The third-order valence-electron chi connectivity index (χ3n) is 2.71. The van der Waals surface area contributed by atoms with E-state index in [1.54, 1.807) is 0 Å². The topological polar surface area (TPSA) is 69.7 Å². The van der Waals surface area contributed by atoms with E-state index in [-0.39, 0.29) is 25.5 Å². The summed E-state index contributed by atoms with van der Waals surface area (Å²) in [5.41, 5.74) is 0.857. The van der Waals surface area contributed by atoms with Crippen LogP contribution in [0.15, 0.2) is 30.3 Å². The second-order valence-corrected chi connectivity index (χ2v) is 3.92. The summed E-state index contributed by atoms with van der Waals surface area (Å²) in [5, 5.41) is 11.0. The molecule has 1 heterocycles. The van der Waals surface area contributed by atoms with Crippen LogP contribution < -0.4 is 5.11 Å². The average molecular weight is 234 g/mol. The number of ether oxygens (including phenoxy) is 1. The molecule has 1 aliphatic heterocycles. The third-order valence-corrected chi connectivity index (χ3v) is 2.71. The molecule has 0 aliphatic carbocycles. The Bertz CT molecular complexity index is 418. The van der Waals surface area contributed by atoms with E-state index in [2.05, 4.69) is 0 Å². The van der Waals surface area contributed by atoms with Crippen LogP contribution in [0.3, 0.4) is 0 Å². The molecule has 1 saturated heterocycles. The minimum absolute atomic E-state index is 0.0980. The molecule has 17 heavy (non-hydrogen) atoms. The Morgan fingerprint density at radius 2 is 2.12 bits per heavy atom. The fourth-order valence-corrected chi connectivity index (χ4v) is 1.82. The number of carbonyl (C=O) groups is 2. The molecule has 1 aromatic rings. The average Bonchev–Trinajstić information content (AvgIpc) is 2.73. The number of nitrogens with zero attached hydrogens (tertiary/aromatic N) is 1. The fraction of sp³-hybridized carbons (Fsp3) is 0.333. The van der Waals surface area contributed by atoms with Crippen molar-refractivity contribution in [3.63, 3.8) is 0 Å². The molecule has 0 spiro atoms. The highest BCUT2D eigenvalue weighted by atomic mass is 16.5. The van der Waals surface area contributed by atoms with Crippen molar-refractivity contribution in [1.82, 2.24) is 4.90 Å². The standard InChI is InChI=1S/C12H13NO4/c14-11-6-10(8-17-11)13(12(15)16)7-9-4-2-1-3-5-9/h1-5,10H,6-8H2,(H,15,16)/p-1/t10-/m0/s1. The van der Waals surface area contributed by atoms with Crippen LogP contribution in [0.25, 0.3) is 0 Å². The highest BCUT2D eigenvalue weighted by molar-refractivity contribution is 5.74. The van der Waals surface area contributed by atoms with E-state index in [4.69, 9.17) is 4.74 Å². The molecule has 0 saturated carbocycles. The van der Waals surface area contributed by atoms with Gasteiger partial charge < -0.3 is 19.5 Å². The van der Waals surface area contributed by atoms with Gasteiger partial charge in [-0.2, -0.15) is 0 Å². The molecular weight excluding hydrogens is 222 g/mol. The quantitative estimate of drug-likeness (QED) is 0.698. The number of esters is 1. The molecule has 1 aliphatic rings. The summed E-state index contributed by atoms with van der Waals surface area (Å²) < 4.78 is 4.76. The van der Waals surface area contributed by atoms with Gasteiger partial charge in [0.2, 0.25) is 0 Å². The predicted octanol–water partition coefficient (Wildman–Crippen LogP) is 0.147.